The normalized spacial score (nSPS) is 17.2. The Hall–Kier alpha value is -1.92. The molecule has 1 aromatic rings. The van der Waals surface area contributed by atoms with Gasteiger partial charge in [-0.05, 0) is 35.2 Å². The van der Waals surface area contributed by atoms with Gasteiger partial charge in [-0.1, -0.05) is 31.2 Å². The Labute approximate surface area is 139 Å². The highest BCUT2D eigenvalue weighted by atomic mass is 35.5. The van der Waals surface area contributed by atoms with Gasteiger partial charge in [0.2, 0.25) is 5.78 Å². The first-order valence-electron chi connectivity index (χ1n) is 7.27. The molecular weight excluding hydrogens is 322 g/mol. The number of carboxylic acid groups (broad SMARTS) is 2. The minimum atomic E-state index is -1.58. The lowest BCUT2D eigenvalue weighted by Crippen LogP contribution is -2.16. The lowest BCUT2D eigenvalue weighted by molar-refractivity contribution is -0.149. The monoisotopic (exact) mass is 341 g/mol. The van der Waals surface area contributed by atoms with Gasteiger partial charge in [0.05, 0.1) is 6.42 Å². The third kappa shape index (κ3) is 6.80. The van der Waals surface area contributed by atoms with E-state index >= 15 is 0 Å². The zero-order valence-corrected chi connectivity index (χ0v) is 13.6. The Bertz CT molecular complexity index is 575. The summed E-state index contributed by atoms with van der Waals surface area (Å²) in [5, 5.41) is 16.0. The lowest BCUT2D eigenvalue weighted by atomic mass is 9.96. The number of carboxylic acids is 2. The number of rotatable bonds is 4. The summed E-state index contributed by atoms with van der Waals surface area (Å²) < 4.78 is 1.89. The van der Waals surface area contributed by atoms with Crippen LogP contribution in [0.15, 0.2) is 24.3 Å². The van der Waals surface area contributed by atoms with E-state index in [4.69, 9.17) is 22.0 Å². The highest BCUT2D eigenvalue weighted by Gasteiger charge is 2.17. The van der Waals surface area contributed by atoms with Gasteiger partial charge in [0, 0.05) is 19.5 Å². The minimum absolute atomic E-state index is 0.425. The molecule has 2 N–H and O–H groups in total. The fraction of sp³-hybridized carbons (Fsp3) is 0.438. The second-order valence-corrected chi connectivity index (χ2v) is 5.82. The van der Waals surface area contributed by atoms with E-state index in [1.54, 1.807) is 0 Å². The van der Waals surface area contributed by atoms with E-state index in [1.807, 2.05) is 4.42 Å². The number of hydrogen-bond donors (Lipinski definition) is 2. The summed E-state index contributed by atoms with van der Waals surface area (Å²) in [5.41, 5.74) is 2.92. The topological polar surface area (TPSA) is 94.9 Å². The van der Waals surface area contributed by atoms with Crippen LogP contribution < -0.4 is 0 Å². The minimum Gasteiger partial charge on any atom is -0.481 e. The summed E-state index contributed by atoms with van der Waals surface area (Å²) in [7, 11) is 0. The van der Waals surface area contributed by atoms with Crippen molar-refractivity contribution in [3.05, 3.63) is 35.4 Å². The standard InChI is InChI=1S/C11H14ClN.C5H6O5/c1-9-8-13(12)7-6-10-4-2-3-5-11(9)10;6-3(5(9)10)1-2-4(7)8/h2-5,9H,6-8H2,1H3;1-2H2,(H,7,8)(H,9,10). The molecular formula is C16H20ClNO5. The van der Waals surface area contributed by atoms with Crippen molar-refractivity contribution in [2.75, 3.05) is 13.1 Å². The first kappa shape index (κ1) is 19.1. The SMILES string of the molecule is CC1CN(Cl)CCc2ccccc21.O=C(O)CCC(=O)C(=O)O. The summed E-state index contributed by atoms with van der Waals surface area (Å²) in [6.07, 6.45) is 0.208. The Morgan fingerprint density at radius 1 is 1.22 bits per heavy atom. The number of carbonyl (C=O) groups excluding carboxylic acids is 1. The van der Waals surface area contributed by atoms with E-state index in [0.29, 0.717) is 5.92 Å². The Kier molecular flexibility index (Phi) is 7.71. The van der Waals surface area contributed by atoms with Gasteiger partial charge in [-0.25, -0.2) is 9.21 Å². The fourth-order valence-electron chi connectivity index (χ4n) is 2.30. The average Bonchev–Trinajstić information content (AvgIpc) is 2.64. The van der Waals surface area contributed by atoms with E-state index in [1.165, 1.54) is 11.1 Å². The third-order valence-corrected chi connectivity index (χ3v) is 3.79. The van der Waals surface area contributed by atoms with Crippen molar-refractivity contribution in [3.8, 4) is 0 Å². The highest BCUT2D eigenvalue weighted by molar-refractivity contribution is 6.32. The van der Waals surface area contributed by atoms with Crippen molar-refractivity contribution < 1.29 is 24.6 Å². The van der Waals surface area contributed by atoms with Crippen LogP contribution in [0.3, 0.4) is 0 Å². The van der Waals surface area contributed by atoms with Crippen molar-refractivity contribution in [3.63, 3.8) is 0 Å². The molecule has 1 aliphatic heterocycles. The first-order valence-corrected chi connectivity index (χ1v) is 7.61. The molecule has 0 aromatic heterocycles. The van der Waals surface area contributed by atoms with Crippen molar-refractivity contribution in [2.45, 2.75) is 32.1 Å². The van der Waals surface area contributed by atoms with Crippen LogP contribution >= 0.6 is 11.8 Å². The van der Waals surface area contributed by atoms with E-state index in [2.05, 4.69) is 31.2 Å². The van der Waals surface area contributed by atoms with E-state index < -0.39 is 30.6 Å². The molecule has 1 aromatic carbocycles. The molecule has 0 saturated heterocycles. The number of ketones is 1. The number of aliphatic carboxylic acids is 2. The second kappa shape index (κ2) is 9.27. The summed E-state index contributed by atoms with van der Waals surface area (Å²) in [5.74, 6) is -3.27. The molecule has 0 radical (unpaired) electrons. The summed E-state index contributed by atoms with van der Waals surface area (Å²) in [4.78, 5) is 29.7. The van der Waals surface area contributed by atoms with Crippen LogP contribution in [0.4, 0.5) is 0 Å². The van der Waals surface area contributed by atoms with Crippen LogP contribution in [0.2, 0.25) is 0 Å². The van der Waals surface area contributed by atoms with Crippen LogP contribution in [-0.2, 0) is 20.8 Å². The molecule has 7 heteroatoms. The molecule has 23 heavy (non-hydrogen) atoms. The van der Waals surface area contributed by atoms with Crippen LogP contribution in [-0.4, -0.2) is 45.4 Å². The zero-order chi connectivity index (χ0) is 17.4. The molecule has 1 atom stereocenters. The van der Waals surface area contributed by atoms with Gasteiger partial charge >= 0.3 is 11.9 Å². The molecule has 6 nitrogen and oxygen atoms in total. The Morgan fingerprint density at radius 2 is 1.87 bits per heavy atom. The maximum atomic E-state index is 10.2. The van der Waals surface area contributed by atoms with Gasteiger partial charge in [0.15, 0.2) is 0 Å². The van der Waals surface area contributed by atoms with Crippen molar-refractivity contribution in [2.24, 2.45) is 0 Å². The highest BCUT2D eigenvalue weighted by Crippen LogP contribution is 2.25. The van der Waals surface area contributed by atoms with Gasteiger partial charge in [-0.15, -0.1) is 0 Å². The zero-order valence-electron chi connectivity index (χ0n) is 12.9. The molecule has 0 amide bonds. The quantitative estimate of drug-likeness (QED) is 0.644. The molecule has 0 bridgehead atoms. The molecule has 0 saturated carbocycles. The van der Waals surface area contributed by atoms with Gasteiger partial charge in [0.1, 0.15) is 0 Å². The molecule has 2 rings (SSSR count). The van der Waals surface area contributed by atoms with Crippen molar-refractivity contribution in [1.29, 1.82) is 0 Å². The van der Waals surface area contributed by atoms with Gasteiger partial charge < -0.3 is 10.2 Å². The summed E-state index contributed by atoms with van der Waals surface area (Å²) >= 11 is 6.04. The summed E-state index contributed by atoms with van der Waals surface area (Å²) in [6, 6.07) is 8.65. The second-order valence-electron chi connectivity index (χ2n) is 5.34. The molecule has 1 heterocycles. The first-order chi connectivity index (χ1) is 10.8. The molecule has 126 valence electrons. The molecule has 1 aliphatic rings. The van der Waals surface area contributed by atoms with Crippen LogP contribution in [0.25, 0.3) is 0 Å². The lowest BCUT2D eigenvalue weighted by Gasteiger charge is -2.14. The van der Waals surface area contributed by atoms with Gasteiger partial charge in [-0.2, -0.15) is 0 Å². The van der Waals surface area contributed by atoms with E-state index in [0.717, 1.165) is 19.5 Å². The number of nitrogens with zero attached hydrogens (tertiary/aromatic N) is 1. The van der Waals surface area contributed by atoms with Gasteiger partial charge in [-0.3, -0.25) is 9.59 Å². The largest absolute Gasteiger partial charge is 0.481 e. The van der Waals surface area contributed by atoms with Crippen LogP contribution in [0.5, 0.6) is 0 Å². The Morgan fingerprint density at radius 3 is 2.48 bits per heavy atom. The average molecular weight is 342 g/mol. The predicted molar refractivity (Wildman–Crippen MR) is 85.5 cm³/mol. The number of benzene rings is 1. The van der Waals surface area contributed by atoms with Gasteiger partial charge in [0.25, 0.3) is 0 Å². The third-order valence-electron chi connectivity index (χ3n) is 3.49. The number of fused-ring (bicyclic) bond motifs is 1. The van der Waals surface area contributed by atoms with Crippen molar-refractivity contribution >= 4 is 29.5 Å². The van der Waals surface area contributed by atoms with E-state index in [-0.39, 0.29) is 0 Å². The number of hydrogen-bond acceptors (Lipinski definition) is 4. The van der Waals surface area contributed by atoms with E-state index in [9.17, 15) is 14.4 Å². The molecule has 0 spiro atoms. The molecule has 1 unspecified atom stereocenters. The fourth-order valence-corrected chi connectivity index (χ4v) is 2.59. The predicted octanol–water partition coefficient (Wildman–Crippen LogP) is 2.31. The maximum Gasteiger partial charge on any atom is 0.372 e. The number of carbonyl (C=O) groups is 3. The van der Waals surface area contributed by atoms with Crippen LogP contribution in [0, 0.1) is 0 Å². The molecule has 0 aliphatic carbocycles. The summed E-state index contributed by atoms with van der Waals surface area (Å²) in [6.45, 7) is 4.15. The Balaban J connectivity index is 0.000000241. The number of halogens is 1. The number of Topliss-reactive ketones (excluding diaryl/α,β-unsaturated/α-hetero) is 1. The smallest absolute Gasteiger partial charge is 0.372 e. The van der Waals surface area contributed by atoms with Crippen LogP contribution in [0.1, 0.15) is 36.8 Å². The molecule has 0 fully saturated rings. The van der Waals surface area contributed by atoms with Crippen molar-refractivity contribution in [1.82, 2.24) is 4.42 Å². The maximum absolute atomic E-state index is 10.2.